The third-order valence-corrected chi connectivity index (χ3v) is 12.0. The Morgan fingerprint density at radius 2 is 1.09 bits per heavy atom. The molecule has 0 saturated heterocycles. The number of carbonyl (C=O) groups is 6. The summed E-state index contributed by atoms with van der Waals surface area (Å²) >= 11 is 0. The third kappa shape index (κ3) is 11.0. The maximum Gasteiger partial charge on any atom is 0.256 e. The van der Waals surface area contributed by atoms with Crippen molar-refractivity contribution in [2.24, 2.45) is 0 Å². The summed E-state index contributed by atoms with van der Waals surface area (Å²) in [5.74, 6) is 0.711. The van der Waals surface area contributed by atoms with E-state index in [1.807, 2.05) is 82.3 Å². The fraction of sp³-hybridized carbons (Fsp3) is 0.236. The normalized spacial score (nSPS) is 11.2. The number of hydrogen-bond acceptors (Lipinski definition) is 8. The summed E-state index contributed by atoms with van der Waals surface area (Å²) in [6.07, 6.45) is 4.83. The van der Waals surface area contributed by atoms with Crippen molar-refractivity contribution in [3.05, 3.63) is 183 Å². The Bertz CT molecular complexity index is 2740. The highest BCUT2D eigenvalue weighted by Crippen LogP contribution is 2.36. The van der Waals surface area contributed by atoms with Crippen LogP contribution in [0.4, 0.5) is 5.69 Å². The molecular formula is C55H55N3O8. The Labute approximate surface area is 385 Å². The largest absolute Gasteiger partial charge is 0.457 e. The molecule has 0 aromatic heterocycles. The Balaban J connectivity index is 1.12. The van der Waals surface area contributed by atoms with Crippen LogP contribution in [0.2, 0.25) is 0 Å². The maximum atomic E-state index is 13.8. The minimum Gasteiger partial charge on any atom is -0.457 e. The Morgan fingerprint density at radius 3 is 1.68 bits per heavy atom. The summed E-state index contributed by atoms with van der Waals surface area (Å²) in [6, 6.07) is 37.2. The maximum absolute atomic E-state index is 13.8. The van der Waals surface area contributed by atoms with Crippen molar-refractivity contribution in [3.63, 3.8) is 0 Å². The minimum absolute atomic E-state index is 0.121. The van der Waals surface area contributed by atoms with Crippen LogP contribution in [-0.2, 0) is 11.0 Å². The summed E-state index contributed by atoms with van der Waals surface area (Å²) in [4.78, 5) is 75.7. The van der Waals surface area contributed by atoms with E-state index in [1.165, 1.54) is 12.1 Å². The van der Waals surface area contributed by atoms with E-state index in [-0.39, 0.29) is 34.1 Å². The molecule has 0 bridgehead atoms. The van der Waals surface area contributed by atoms with Crippen LogP contribution in [-0.4, -0.2) is 43.1 Å². The monoisotopic (exact) mass is 885 g/mol. The molecule has 6 aromatic rings. The first-order valence-corrected chi connectivity index (χ1v) is 22.1. The second kappa shape index (κ2) is 21.3. The van der Waals surface area contributed by atoms with Crippen LogP contribution in [0.5, 0.6) is 23.0 Å². The van der Waals surface area contributed by atoms with E-state index in [0.29, 0.717) is 78.1 Å². The second-order valence-electron chi connectivity index (χ2n) is 16.7. The fourth-order valence-corrected chi connectivity index (χ4v) is 7.87. The van der Waals surface area contributed by atoms with Gasteiger partial charge in [-0.25, -0.2) is 0 Å². The lowest BCUT2D eigenvalue weighted by molar-refractivity contribution is 0.0884. The van der Waals surface area contributed by atoms with Gasteiger partial charge >= 0.3 is 0 Å². The molecule has 6 aromatic carbocycles. The number of anilines is 1. The van der Waals surface area contributed by atoms with Gasteiger partial charge in [0.25, 0.3) is 17.7 Å². The lowest BCUT2D eigenvalue weighted by Crippen LogP contribution is -2.45. The molecule has 0 saturated carbocycles. The SMILES string of the molecule is CCCCNC(=O)c1ccc(Oc2ccc(C(C)(C)c3ccc(Oc4ccc(C=O)c(C(=O)Nc5cccc(C(CC)(CC)NC(=O)c6ccc(C)cc6C=O)c5)c4)cc3)cc2)cc1C=O. The summed E-state index contributed by atoms with van der Waals surface area (Å²) in [5.41, 5.74) is 4.38. The molecule has 338 valence electrons. The second-order valence-corrected chi connectivity index (χ2v) is 16.7. The number of carbonyl (C=O) groups excluding carboxylic acids is 6. The first-order valence-electron chi connectivity index (χ1n) is 22.1. The third-order valence-electron chi connectivity index (χ3n) is 12.0. The van der Waals surface area contributed by atoms with Crippen molar-refractivity contribution in [1.82, 2.24) is 10.6 Å². The highest BCUT2D eigenvalue weighted by molar-refractivity contribution is 6.09. The summed E-state index contributed by atoms with van der Waals surface area (Å²) in [5, 5.41) is 8.92. The first kappa shape index (κ1) is 47.8. The molecule has 11 heteroatoms. The van der Waals surface area contributed by atoms with Gasteiger partial charge in [-0.2, -0.15) is 0 Å². The number of rotatable bonds is 20. The summed E-state index contributed by atoms with van der Waals surface area (Å²) in [7, 11) is 0. The van der Waals surface area contributed by atoms with Crippen LogP contribution in [0.15, 0.2) is 127 Å². The number of ether oxygens (including phenoxy) is 2. The molecule has 0 fully saturated rings. The van der Waals surface area contributed by atoms with E-state index in [9.17, 15) is 28.8 Å². The van der Waals surface area contributed by atoms with E-state index in [1.54, 1.807) is 60.7 Å². The van der Waals surface area contributed by atoms with Gasteiger partial charge < -0.3 is 25.4 Å². The van der Waals surface area contributed by atoms with Gasteiger partial charge in [-0.1, -0.05) is 89.1 Å². The number of aryl methyl sites for hydroxylation is 1. The van der Waals surface area contributed by atoms with Crippen molar-refractivity contribution >= 4 is 42.3 Å². The number of benzene rings is 6. The average Bonchev–Trinajstić information content (AvgIpc) is 3.33. The van der Waals surface area contributed by atoms with Crippen molar-refractivity contribution in [2.45, 2.75) is 78.2 Å². The minimum atomic E-state index is -0.802. The van der Waals surface area contributed by atoms with Gasteiger partial charge in [-0.05, 0) is 128 Å². The molecule has 6 rings (SSSR count). The van der Waals surface area contributed by atoms with Crippen LogP contribution < -0.4 is 25.4 Å². The van der Waals surface area contributed by atoms with Gasteiger partial charge in [0.2, 0.25) is 0 Å². The van der Waals surface area contributed by atoms with Gasteiger partial charge in [0, 0.05) is 39.9 Å². The topological polar surface area (TPSA) is 157 Å². The average molecular weight is 886 g/mol. The lowest BCUT2D eigenvalue weighted by Gasteiger charge is -2.34. The molecule has 0 aliphatic heterocycles. The number of unbranched alkanes of at least 4 members (excludes halogenated alkanes) is 1. The van der Waals surface area contributed by atoms with Gasteiger partial charge in [-0.15, -0.1) is 0 Å². The van der Waals surface area contributed by atoms with Gasteiger partial charge in [0.15, 0.2) is 18.9 Å². The van der Waals surface area contributed by atoms with Crippen LogP contribution in [0, 0.1) is 6.92 Å². The van der Waals surface area contributed by atoms with E-state index >= 15 is 0 Å². The molecule has 0 heterocycles. The van der Waals surface area contributed by atoms with E-state index in [2.05, 4.69) is 29.8 Å². The molecular weight excluding hydrogens is 831 g/mol. The zero-order chi connectivity index (χ0) is 47.4. The van der Waals surface area contributed by atoms with E-state index < -0.39 is 16.9 Å². The predicted octanol–water partition coefficient (Wildman–Crippen LogP) is 11.6. The van der Waals surface area contributed by atoms with Crippen LogP contribution in [0.25, 0.3) is 0 Å². The van der Waals surface area contributed by atoms with E-state index in [4.69, 9.17) is 9.47 Å². The molecule has 11 nitrogen and oxygen atoms in total. The number of hydrogen-bond donors (Lipinski definition) is 3. The molecule has 0 atom stereocenters. The van der Waals surface area contributed by atoms with Crippen molar-refractivity contribution in [2.75, 3.05) is 11.9 Å². The predicted molar refractivity (Wildman–Crippen MR) is 257 cm³/mol. The standard InChI is InChI=1S/C55H55N3O8/c1-7-10-28-56-51(62)48-27-25-46(30-39(48)35-61)65-44-21-16-40(17-22-44)54(5,6)41-18-23-45(24-19-41)66-47-20-15-37(33-59)50(32-47)52(63)57-43-13-11-12-42(31-43)55(8-2,9-3)58-53(64)49-26-14-36(4)29-38(49)34-60/h11-27,29-35H,7-10,28H2,1-6H3,(H,56,62)(H,57,63)(H,58,64). The molecule has 0 aliphatic rings. The smallest absolute Gasteiger partial charge is 0.256 e. The number of nitrogens with one attached hydrogen (secondary N) is 3. The molecule has 0 spiro atoms. The van der Waals surface area contributed by atoms with Crippen LogP contribution in [0.1, 0.15) is 145 Å². The molecule has 66 heavy (non-hydrogen) atoms. The summed E-state index contributed by atoms with van der Waals surface area (Å²) < 4.78 is 12.2. The Kier molecular flexibility index (Phi) is 15.5. The molecule has 3 N–H and O–H groups in total. The first-order chi connectivity index (χ1) is 31.8. The highest BCUT2D eigenvalue weighted by atomic mass is 16.5. The highest BCUT2D eigenvalue weighted by Gasteiger charge is 2.32. The molecule has 0 radical (unpaired) electrons. The molecule has 0 unspecified atom stereocenters. The molecule has 0 aliphatic carbocycles. The van der Waals surface area contributed by atoms with Crippen LogP contribution >= 0.6 is 0 Å². The van der Waals surface area contributed by atoms with Crippen molar-refractivity contribution in [3.8, 4) is 23.0 Å². The number of amides is 3. The van der Waals surface area contributed by atoms with Crippen molar-refractivity contribution in [1.29, 1.82) is 0 Å². The van der Waals surface area contributed by atoms with Gasteiger partial charge in [0.1, 0.15) is 23.0 Å². The zero-order valence-electron chi connectivity index (χ0n) is 38.2. The van der Waals surface area contributed by atoms with Crippen molar-refractivity contribution < 1.29 is 38.2 Å². The fourth-order valence-electron chi connectivity index (χ4n) is 7.87. The van der Waals surface area contributed by atoms with E-state index in [0.717, 1.165) is 35.1 Å². The van der Waals surface area contributed by atoms with Gasteiger partial charge in [-0.3, -0.25) is 28.8 Å². The Morgan fingerprint density at radius 1 is 0.545 bits per heavy atom. The Hall–Kier alpha value is -7.66. The molecule has 3 amide bonds. The number of aldehydes is 3. The quantitative estimate of drug-likeness (QED) is 0.0505. The van der Waals surface area contributed by atoms with Crippen LogP contribution in [0.3, 0.4) is 0 Å². The van der Waals surface area contributed by atoms with Gasteiger partial charge in [0.05, 0.1) is 16.7 Å². The lowest BCUT2D eigenvalue weighted by atomic mass is 9.78. The summed E-state index contributed by atoms with van der Waals surface area (Å²) in [6.45, 7) is 12.6. The zero-order valence-corrected chi connectivity index (χ0v) is 38.2.